The minimum atomic E-state index is 0.443. The lowest BCUT2D eigenvalue weighted by Crippen LogP contribution is -2.44. The van der Waals surface area contributed by atoms with Crippen molar-refractivity contribution in [3.8, 4) is 0 Å². The number of hydrogen-bond acceptors (Lipinski definition) is 3. The molecule has 0 aromatic heterocycles. The minimum Gasteiger partial charge on any atom is -0.304 e. The Morgan fingerprint density at radius 2 is 1.76 bits per heavy atom. The van der Waals surface area contributed by atoms with Crippen LogP contribution < -0.4 is 0 Å². The average Bonchev–Trinajstić information content (AvgIpc) is 2.26. The van der Waals surface area contributed by atoms with Crippen LogP contribution in [-0.2, 0) is 4.79 Å². The van der Waals surface area contributed by atoms with Crippen LogP contribution in [0.15, 0.2) is 0 Å². The van der Waals surface area contributed by atoms with Gasteiger partial charge in [-0.05, 0) is 32.4 Å². The fraction of sp³-hybridized carbons (Fsp3) is 0.929. The maximum atomic E-state index is 11.5. The summed E-state index contributed by atoms with van der Waals surface area (Å²) >= 11 is 0. The summed E-state index contributed by atoms with van der Waals surface area (Å²) in [6.07, 6.45) is 3.78. The smallest absolute Gasteiger partial charge is 0.133 e. The normalized spacial score (nSPS) is 18.8. The van der Waals surface area contributed by atoms with Crippen LogP contribution in [0.4, 0.5) is 0 Å². The van der Waals surface area contributed by atoms with Gasteiger partial charge in [0.15, 0.2) is 0 Å². The standard InChI is InChI=1S/C14H28N2O/c1-13(2)12-14(17)6-4-5-7-16-10-8-15(3)9-11-16/h13H,4-12H2,1-3H3. The molecule has 0 aromatic carbocycles. The highest BCUT2D eigenvalue weighted by molar-refractivity contribution is 5.78. The fourth-order valence-corrected chi connectivity index (χ4v) is 2.29. The zero-order valence-electron chi connectivity index (χ0n) is 11.7. The van der Waals surface area contributed by atoms with Gasteiger partial charge in [0.25, 0.3) is 0 Å². The number of unbranched alkanes of at least 4 members (excludes halogenated alkanes) is 1. The van der Waals surface area contributed by atoms with E-state index in [2.05, 4.69) is 30.7 Å². The molecule has 1 rings (SSSR count). The molecule has 0 saturated carbocycles. The first-order chi connectivity index (χ1) is 8.08. The van der Waals surface area contributed by atoms with E-state index in [4.69, 9.17) is 0 Å². The summed E-state index contributed by atoms with van der Waals surface area (Å²) in [7, 11) is 2.18. The van der Waals surface area contributed by atoms with E-state index in [1.165, 1.54) is 39.1 Å². The molecule has 0 N–H and O–H groups in total. The Bertz CT molecular complexity index is 220. The van der Waals surface area contributed by atoms with Gasteiger partial charge in [-0.3, -0.25) is 4.79 Å². The Labute approximate surface area is 106 Å². The summed E-state index contributed by atoms with van der Waals surface area (Å²) in [5, 5.41) is 0. The van der Waals surface area contributed by atoms with E-state index in [1.54, 1.807) is 0 Å². The largest absolute Gasteiger partial charge is 0.304 e. The second-order valence-corrected chi connectivity index (χ2v) is 5.74. The van der Waals surface area contributed by atoms with Gasteiger partial charge in [0, 0.05) is 39.0 Å². The number of carbonyl (C=O) groups is 1. The molecule has 0 aliphatic carbocycles. The Balaban J connectivity index is 1.99. The van der Waals surface area contributed by atoms with Crippen LogP contribution >= 0.6 is 0 Å². The van der Waals surface area contributed by atoms with Gasteiger partial charge in [0.1, 0.15) is 5.78 Å². The number of piperazine rings is 1. The number of nitrogens with zero attached hydrogens (tertiary/aromatic N) is 2. The van der Waals surface area contributed by atoms with Crippen LogP contribution in [0, 0.1) is 5.92 Å². The van der Waals surface area contributed by atoms with Gasteiger partial charge >= 0.3 is 0 Å². The lowest BCUT2D eigenvalue weighted by Gasteiger charge is -2.32. The molecule has 1 aliphatic rings. The van der Waals surface area contributed by atoms with Crippen LogP contribution in [0.25, 0.3) is 0 Å². The molecule has 100 valence electrons. The summed E-state index contributed by atoms with van der Waals surface area (Å²) in [5.41, 5.74) is 0. The Morgan fingerprint density at radius 1 is 1.12 bits per heavy atom. The van der Waals surface area contributed by atoms with Crippen LogP contribution in [-0.4, -0.2) is 55.4 Å². The number of likely N-dealkylation sites (N-methyl/N-ethyl adjacent to an activating group) is 1. The van der Waals surface area contributed by atoms with Crippen LogP contribution in [0.1, 0.15) is 39.5 Å². The SMILES string of the molecule is CC(C)CC(=O)CCCCN1CCN(C)CC1. The van der Waals surface area contributed by atoms with Gasteiger partial charge in [-0.25, -0.2) is 0 Å². The number of Topliss-reactive ketones (excluding diaryl/α,β-unsaturated/α-hetero) is 1. The van der Waals surface area contributed by atoms with E-state index in [0.29, 0.717) is 11.7 Å². The highest BCUT2D eigenvalue weighted by Crippen LogP contribution is 2.07. The molecule has 1 fully saturated rings. The molecule has 17 heavy (non-hydrogen) atoms. The molecule has 0 aromatic rings. The molecule has 1 saturated heterocycles. The predicted octanol–water partition coefficient (Wildman–Crippen LogP) is 2.02. The molecule has 0 atom stereocenters. The first-order valence-corrected chi connectivity index (χ1v) is 7.00. The van der Waals surface area contributed by atoms with Gasteiger partial charge in [0.05, 0.1) is 0 Å². The molecule has 3 nitrogen and oxygen atoms in total. The van der Waals surface area contributed by atoms with E-state index in [0.717, 1.165) is 19.3 Å². The van der Waals surface area contributed by atoms with Gasteiger partial charge < -0.3 is 9.80 Å². The molecule has 0 unspecified atom stereocenters. The Morgan fingerprint density at radius 3 is 2.35 bits per heavy atom. The summed E-state index contributed by atoms with van der Waals surface area (Å²) in [4.78, 5) is 16.4. The monoisotopic (exact) mass is 240 g/mol. The molecule has 1 aliphatic heterocycles. The van der Waals surface area contributed by atoms with Crippen molar-refractivity contribution in [2.45, 2.75) is 39.5 Å². The third-order valence-corrected chi connectivity index (χ3v) is 3.41. The van der Waals surface area contributed by atoms with Gasteiger partial charge in [-0.2, -0.15) is 0 Å². The van der Waals surface area contributed by atoms with Crippen molar-refractivity contribution in [3.63, 3.8) is 0 Å². The maximum Gasteiger partial charge on any atom is 0.133 e. The number of rotatable bonds is 7. The molecule has 0 bridgehead atoms. The lowest BCUT2D eigenvalue weighted by atomic mass is 10.0. The highest BCUT2D eigenvalue weighted by atomic mass is 16.1. The van der Waals surface area contributed by atoms with E-state index in [1.807, 2.05) is 0 Å². The molecule has 0 amide bonds. The van der Waals surface area contributed by atoms with Crippen molar-refractivity contribution in [3.05, 3.63) is 0 Å². The zero-order chi connectivity index (χ0) is 12.7. The van der Waals surface area contributed by atoms with E-state index < -0.39 is 0 Å². The topological polar surface area (TPSA) is 23.6 Å². The first kappa shape index (κ1) is 14.7. The number of carbonyl (C=O) groups excluding carboxylic acids is 1. The van der Waals surface area contributed by atoms with E-state index >= 15 is 0 Å². The molecule has 1 heterocycles. The van der Waals surface area contributed by atoms with Crippen LogP contribution in [0.3, 0.4) is 0 Å². The second-order valence-electron chi connectivity index (χ2n) is 5.74. The third-order valence-electron chi connectivity index (χ3n) is 3.41. The van der Waals surface area contributed by atoms with Crippen LogP contribution in [0.5, 0.6) is 0 Å². The summed E-state index contributed by atoms with van der Waals surface area (Å²) in [6.45, 7) is 10.2. The van der Waals surface area contributed by atoms with E-state index in [-0.39, 0.29) is 0 Å². The predicted molar refractivity (Wildman–Crippen MR) is 72.3 cm³/mol. The first-order valence-electron chi connectivity index (χ1n) is 7.00. The minimum absolute atomic E-state index is 0.443. The quantitative estimate of drug-likeness (QED) is 0.636. The Kier molecular flexibility index (Phi) is 6.75. The zero-order valence-corrected chi connectivity index (χ0v) is 11.7. The summed E-state index contributed by atoms with van der Waals surface area (Å²) < 4.78 is 0. The molecular formula is C14H28N2O. The molecule has 0 spiro atoms. The molecule has 3 heteroatoms. The van der Waals surface area contributed by atoms with Gasteiger partial charge in [0.2, 0.25) is 0 Å². The van der Waals surface area contributed by atoms with Gasteiger partial charge in [-0.1, -0.05) is 13.8 Å². The molecule has 0 radical (unpaired) electrons. The Hall–Kier alpha value is -0.410. The number of hydrogen-bond donors (Lipinski definition) is 0. The van der Waals surface area contributed by atoms with Crippen molar-refractivity contribution in [1.29, 1.82) is 0 Å². The highest BCUT2D eigenvalue weighted by Gasteiger charge is 2.13. The second kappa shape index (κ2) is 7.83. The molecular weight excluding hydrogens is 212 g/mol. The fourth-order valence-electron chi connectivity index (χ4n) is 2.29. The van der Waals surface area contributed by atoms with E-state index in [9.17, 15) is 4.79 Å². The van der Waals surface area contributed by atoms with Crippen molar-refractivity contribution in [2.75, 3.05) is 39.8 Å². The van der Waals surface area contributed by atoms with Crippen LogP contribution in [0.2, 0.25) is 0 Å². The van der Waals surface area contributed by atoms with Crippen molar-refractivity contribution >= 4 is 5.78 Å². The summed E-state index contributed by atoms with van der Waals surface area (Å²) in [5.74, 6) is 0.957. The number of ketones is 1. The average molecular weight is 240 g/mol. The third kappa shape index (κ3) is 6.79. The van der Waals surface area contributed by atoms with Crippen molar-refractivity contribution in [1.82, 2.24) is 9.80 Å². The lowest BCUT2D eigenvalue weighted by molar-refractivity contribution is -0.119. The van der Waals surface area contributed by atoms with Crippen molar-refractivity contribution in [2.24, 2.45) is 5.92 Å². The summed E-state index contributed by atoms with van der Waals surface area (Å²) in [6, 6.07) is 0. The maximum absolute atomic E-state index is 11.5. The van der Waals surface area contributed by atoms with Crippen molar-refractivity contribution < 1.29 is 4.79 Å². The van der Waals surface area contributed by atoms with Gasteiger partial charge in [-0.15, -0.1) is 0 Å².